The van der Waals surface area contributed by atoms with E-state index in [0.717, 1.165) is 25.1 Å². The Morgan fingerprint density at radius 2 is 2.22 bits per heavy atom. The number of aldehydes is 1. The number of benzene rings is 1. The first-order valence-electron chi connectivity index (χ1n) is 5.76. The summed E-state index contributed by atoms with van der Waals surface area (Å²) in [4.78, 5) is 14.5. The van der Waals surface area contributed by atoms with Crippen LogP contribution >= 0.6 is 22.9 Å². The van der Waals surface area contributed by atoms with E-state index < -0.39 is 0 Å². The van der Waals surface area contributed by atoms with E-state index >= 15 is 0 Å². The van der Waals surface area contributed by atoms with Crippen molar-refractivity contribution < 1.29 is 4.79 Å². The molecule has 94 valence electrons. The fourth-order valence-electron chi connectivity index (χ4n) is 1.85. The van der Waals surface area contributed by atoms with Gasteiger partial charge in [-0.1, -0.05) is 17.7 Å². The van der Waals surface area contributed by atoms with Crippen LogP contribution in [0.25, 0.3) is 0 Å². The summed E-state index contributed by atoms with van der Waals surface area (Å²) in [5.41, 5.74) is 1.58. The van der Waals surface area contributed by atoms with E-state index in [0.29, 0.717) is 10.6 Å². The van der Waals surface area contributed by atoms with Crippen molar-refractivity contribution in [2.75, 3.05) is 11.4 Å². The highest BCUT2D eigenvalue weighted by Gasteiger charge is 2.11. The molecule has 0 atom stereocenters. The zero-order valence-corrected chi connectivity index (χ0v) is 11.7. The molecule has 0 spiro atoms. The van der Waals surface area contributed by atoms with Gasteiger partial charge >= 0.3 is 0 Å². The van der Waals surface area contributed by atoms with Gasteiger partial charge in [-0.15, -0.1) is 11.3 Å². The van der Waals surface area contributed by atoms with Gasteiger partial charge in [0.25, 0.3) is 0 Å². The monoisotopic (exact) mass is 279 g/mol. The highest BCUT2D eigenvalue weighted by atomic mass is 35.5. The SMILES string of the molecule is CCN(Cc1cccs1)c1cc(Cl)ccc1C=O. The van der Waals surface area contributed by atoms with Crippen LogP contribution in [0, 0.1) is 0 Å². The van der Waals surface area contributed by atoms with Crippen LogP contribution in [0.4, 0.5) is 5.69 Å². The number of carbonyl (C=O) groups is 1. The number of nitrogens with zero attached hydrogens (tertiary/aromatic N) is 1. The van der Waals surface area contributed by atoms with Crippen molar-refractivity contribution in [1.29, 1.82) is 0 Å². The van der Waals surface area contributed by atoms with E-state index in [1.807, 2.05) is 12.1 Å². The van der Waals surface area contributed by atoms with Crippen LogP contribution in [0.2, 0.25) is 5.02 Å². The van der Waals surface area contributed by atoms with Crippen LogP contribution < -0.4 is 4.90 Å². The molecule has 0 unspecified atom stereocenters. The largest absolute Gasteiger partial charge is 0.366 e. The molecule has 2 nitrogen and oxygen atoms in total. The molecule has 1 heterocycles. The Labute approximate surface area is 116 Å². The number of carbonyl (C=O) groups excluding carboxylic acids is 1. The molecule has 2 rings (SSSR count). The summed E-state index contributed by atoms with van der Waals surface area (Å²) < 4.78 is 0. The summed E-state index contributed by atoms with van der Waals surface area (Å²) in [7, 11) is 0. The summed E-state index contributed by atoms with van der Waals surface area (Å²) in [6, 6.07) is 9.49. The Morgan fingerprint density at radius 1 is 1.39 bits per heavy atom. The van der Waals surface area contributed by atoms with Crippen LogP contribution in [0.3, 0.4) is 0 Å². The van der Waals surface area contributed by atoms with E-state index in [-0.39, 0.29) is 0 Å². The molecule has 0 saturated heterocycles. The number of anilines is 1. The molecule has 0 amide bonds. The quantitative estimate of drug-likeness (QED) is 0.763. The molecule has 0 fully saturated rings. The van der Waals surface area contributed by atoms with Crippen molar-refractivity contribution in [3.63, 3.8) is 0 Å². The molecule has 1 aromatic heterocycles. The Kier molecular flexibility index (Phi) is 4.39. The van der Waals surface area contributed by atoms with Gasteiger partial charge in [-0.05, 0) is 36.6 Å². The molecule has 4 heteroatoms. The zero-order chi connectivity index (χ0) is 13.0. The summed E-state index contributed by atoms with van der Waals surface area (Å²) in [6.45, 7) is 3.71. The lowest BCUT2D eigenvalue weighted by Crippen LogP contribution is -2.22. The topological polar surface area (TPSA) is 20.3 Å². The minimum atomic E-state index is 0.653. The minimum Gasteiger partial charge on any atom is -0.366 e. The molecular formula is C14H14ClNOS. The number of hydrogen-bond donors (Lipinski definition) is 0. The fraction of sp³-hybridized carbons (Fsp3) is 0.214. The third kappa shape index (κ3) is 2.92. The summed E-state index contributed by atoms with van der Waals surface area (Å²) in [5.74, 6) is 0. The molecule has 0 bridgehead atoms. The molecule has 0 aliphatic rings. The van der Waals surface area contributed by atoms with Crippen molar-refractivity contribution in [3.8, 4) is 0 Å². The molecule has 2 aromatic rings. The highest BCUT2D eigenvalue weighted by Crippen LogP contribution is 2.26. The minimum absolute atomic E-state index is 0.653. The third-order valence-corrected chi connectivity index (χ3v) is 3.86. The normalized spacial score (nSPS) is 10.3. The van der Waals surface area contributed by atoms with Crippen molar-refractivity contribution in [2.45, 2.75) is 13.5 Å². The highest BCUT2D eigenvalue weighted by molar-refractivity contribution is 7.09. The molecule has 0 aliphatic heterocycles. The maximum atomic E-state index is 11.1. The van der Waals surface area contributed by atoms with Gasteiger partial charge in [0.15, 0.2) is 6.29 Å². The van der Waals surface area contributed by atoms with Crippen molar-refractivity contribution in [1.82, 2.24) is 0 Å². The van der Waals surface area contributed by atoms with Gasteiger partial charge in [0.05, 0.1) is 6.54 Å². The lowest BCUT2D eigenvalue weighted by Gasteiger charge is -2.24. The first kappa shape index (κ1) is 13.1. The number of halogens is 1. The predicted molar refractivity (Wildman–Crippen MR) is 77.9 cm³/mol. The molecule has 0 aliphatic carbocycles. The van der Waals surface area contributed by atoms with Gasteiger partial charge < -0.3 is 4.90 Å². The Bertz CT molecular complexity index is 525. The molecule has 0 N–H and O–H groups in total. The lowest BCUT2D eigenvalue weighted by molar-refractivity contribution is 0.112. The van der Waals surface area contributed by atoms with Crippen LogP contribution in [0.5, 0.6) is 0 Å². The second-order valence-electron chi connectivity index (χ2n) is 3.91. The van der Waals surface area contributed by atoms with Gasteiger partial charge in [-0.2, -0.15) is 0 Å². The molecule has 0 radical (unpaired) electrons. The average molecular weight is 280 g/mol. The van der Waals surface area contributed by atoms with Crippen LogP contribution in [-0.2, 0) is 6.54 Å². The Hall–Kier alpha value is -1.32. The van der Waals surface area contributed by atoms with Crippen molar-refractivity contribution in [2.24, 2.45) is 0 Å². The van der Waals surface area contributed by atoms with Crippen molar-refractivity contribution >= 4 is 34.9 Å². The lowest BCUT2D eigenvalue weighted by atomic mass is 10.1. The van der Waals surface area contributed by atoms with Gasteiger partial charge in [0.2, 0.25) is 0 Å². The van der Waals surface area contributed by atoms with Gasteiger partial charge in [-0.25, -0.2) is 0 Å². The van der Waals surface area contributed by atoms with Crippen LogP contribution in [0.1, 0.15) is 22.2 Å². The maximum Gasteiger partial charge on any atom is 0.152 e. The average Bonchev–Trinajstić information content (AvgIpc) is 2.88. The van der Waals surface area contributed by atoms with Gasteiger partial charge in [0, 0.05) is 27.7 Å². The molecule has 1 aromatic carbocycles. The smallest absolute Gasteiger partial charge is 0.152 e. The van der Waals surface area contributed by atoms with E-state index in [1.165, 1.54) is 4.88 Å². The van der Waals surface area contributed by atoms with Gasteiger partial charge in [-0.3, -0.25) is 4.79 Å². The van der Waals surface area contributed by atoms with E-state index in [2.05, 4.69) is 23.3 Å². The summed E-state index contributed by atoms with van der Waals surface area (Å²) >= 11 is 7.73. The summed E-state index contributed by atoms with van der Waals surface area (Å²) in [6.07, 6.45) is 0.878. The number of hydrogen-bond acceptors (Lipinski definition) is 3. The second kappa shape index (κ2) is 6.03. The molecular weight excluding hydrogens is 266 g/mol. The standard InChI is InChI=1S/C14H14ClNOS/c1-2-16(9-13-4-3-7-18-13)14-8-12(15)6-5-11(14)10-17/h3-8,10H,2,9H2,1H3. The van der Waals surface area contributed by atoms with E-state index in [9.17, 15) is 4.79 Å². The van der Waals surface area contributed by atoms with E-state index in [4.69, 9.17) is 11.6 Å². The Balaban J connectivity index is 2.31. The van der Waals surface area contributed by atoms with Crippen LogP contribution in [-0.4, -0.2) is 12.8 Å². The molecule has 18 heavy (non-hydrogen) atoms. The van der Waals surface area contributed by atoms with Gasteiger partial charge in [0.1, 0.15) is 0 Å². The number of thiophene rings is 1. The van der Waals surface area contributed by atoms with Crippen LogP contribution in [0.15, 0.2) is 35.7 Å². The predicted octanol–water partition coefficient (Wildman–Crippen LogP) is 4.24. The zero-order valence-electron chi connectivity index (χ0n) is 10.1. The fourth-order valence-corrected chi connectivity index (χ4v) is 2.73. The molecule has 0 saturated carbocycles. The Morgan fingerprint density at radius 3 is 2.83 bits per heavy atom. The summed E-state index contributed by atoms with van der Waals surface area (Å²) in [5, 5.41) is 2.71. The second-order valence-corrected chi connectivity index (χ2v) is 5.38. The third-order valence-electron chi connectivity index (χ3n) is 2.77. The number of rotatable bonds is 5. The van der Waals surface area contributed by atoms with Crippen molar-refractivity contribution in [3.05, 3.63) is 51.2 Å². The maximum absolute atomic E-state index is 11.1. The first-order chi connectivity index (χ1) is 8.74. The van der Waals surface area contributed by atoms with E-state index in [1.54, 1.807) is 23.5 Å². The first-order valence-corrected chi connectivity index (χ1v) is 7.02.